The van der Waals surface area contributed by atoms with E-state index in [9.17, 15) is 83.4 Å². The number of H-pyrrole nitrogens is 2. The number of carbonyl (C=O) groups is 11. The van der Waals surface area contributed by atoms with Crippen molar-refractivity contribution in [3.63, 3.8) is 0 Å². The number of carbonyl (C=O) groups excluding carboxylic acids is 8. The highest BCUT2D eigenvalue weighted by Gasteiger charge is 2.76. The van der Waals surface area contributed by atoms with E-state index < -0.39 is 125 Å². The molecule has 23 N–H and O–H groups in total. The van der Waals surface area contributed by atoms with Gasteiger partial charge in [-0.05, 0) is 179 Å². The summed E-state index contributed by atoms with van der Waals surface area (Å²) in [6.07, 6.45) is 8.98. The first-order valence-electron chi connectivity index (χ1n) is 48.7. The zero-order valence-corrected chi connectivity index (χ0v) is 80.0. The Balaban J connectivity index is 0.000000126. The van der Waals surface area contributed by atoms with Crippen LogP contribution in [0.3, 0.4) is 0 Å². The predicted molar refractivity (Wildman–Crippen MR) is 514 cm³/mol. The highest BCUT2D eigenvalue weighted by atomic mass is 16.6. The number of alkyl carbamates (subject to hydrolysis) is 1. The summed E-state index contributed by atoms with van der Waals surface area (Å²) in [5, 5.41) is 118. The van der Waals surface area contributed by atoms with Crippen molar-refractivity contribution in [2.75, 3.05) is 144 Å². The van der Waals surface area contributed by atoms with Crippen molar-refractivity contribution in [1.82, 2.24) is 56.6 Å². The molecule has 145 heavy (non-hydrogen) atoms. The zero-order chi connectivity index (χ0) is 102. The second-order valence-electron chi connectivity index (χ2n) is 39.4. The van der Waals surface area contributed by atoms with E-state index in [0.29, 0.717) is 97.3 Å². The molecule has 8 aliphatic carbocycles. The lowest BCUT2D eigenvalue weighted by atomic mass is 9.48. The van der Waals surface area contributed by atoms with Crippen molar-refractivity contribution in [2.24, 2.45) is 23.3 Å². The van der Waals surface area contributed by atoms with Crippen LogP contribution in [0.2, 0.25) is 0 Å². The number of phenolic OH excluding ortho intramolecular Hbond substituents is 3. The number of piperidine rings is 3. The van der Waals surface area contributed by atoms with E-state index in [-0.39, 0.29) is 125 Å². The Morgan fingerprint density at radius 1 is 0.448 bits per heavy atom. The third-order valence-corrected chi connectivity index (χ3v) is 30.9. The topological polar surface area (TPSA) is 642 Å². The largest absolute Gasteiger partial charge is 0.504 e. The van der Waals surface area contributed by atoms with Crippen LogP contribution in [-0.4, -0.2) is 316 Å². The number of carboxylic acid groups (broad SMARTS) is 3. The number of likely N-dealkylation sites (tertiary alicyclic amines) is 3. The Bertz CT molecular complexity index is 6350. The van der Waals surface area contributed by atoms with Crippen LogP contribution >= 0.6 is 0 Å². The SMILES string of the molecule is CN1CCC23c4c5ccc(O)c4O[C@H]2[C@@H](NC(=O)COCC(=O)NCN)CC[C@@]3(O)C1C5.CNC(=O)COCC(=O)O.NCNC(=O)COCC(=O)Nc1cccc2c3c([nH]c12)[C@@H]1Oc2c(O)ccc4c2C12CCN(CC1CC1)C(C4)[C@]2(O)C3.O=C(O)COCC(=O)NCNC(=O)OCc1ccccc1.O=C(O)COCC(=O)Nc1cccc2c3c([nH]c12)[C@@H]1Oc2c(O)ccc4c2C12CCN(CC1CC1)C(C4)[C@]2(O)C3. The van der Waals surface area contributed by atoms with Crippen LogP contribution in [0.5, 0.6) is 34.5 Å². The smallest absolute Gasteiger partial charge is 0.408 e. The first-order valence-corrected chi connectivity index (χ1v) is 48.7. The van der Waals surface area contributed by atoms with E-state index >= 15 is 0 Å². The predicted octanol–water partition coefficient (Wildman–Crippen LogP) is 1.80. The molecule has 8 aromatic rings. The quantitative estimate of drug-likeness (QED) is 0.0261. The maximum Gasteiger partial charge on any atom is 0.408 e. The number of fused-ring (bicyclic) bond motifs is 8. The number of benzene rings is 6. The Morgan fingerprint density at radius 2 is 0.869 bits per heavy atom. The second kappa shape index (κ2) is 41.6. The highest BCUT2D eigenvalue weighted by molar-refractivity contribution is 6.04. The average molecular weight is 2010 g/mol. The van der Waals surface area contributed by atoms with Gasteiger partial charge in [0.25, 0.3) is 0 Å². The minimum Gasteiger partial charge on any atom is -0.504 e. The standard InChI is InChI=1S/C31H35N5O6.C30H31N3O7.C22H30N4O6.C13H16N2O6.C5H9NO4/c32-15-33-23(38)13-41-14-24(39)34-20-3-1-2-18-19-11-31(40)22-10-17-6-7-21(37)28-25(17)30(31,8-9-36(22)12-16-4-5-16)29(42-28)27(19)35-26(18)20;34-20-7-6-16-10-21-30(38)11-18-17-2-1-3-19(31-22(35)13-39-14-23(36)37)25(17)32-26(18)28-29(30,24(16)27(20)40-28)8-9-33(21)12-15-4-5-15;1-26-7-6-21-18-12-2-3-14(27)19(18)32-20(21)13(4-5-22(21,30)15(26)8-12)25-17(29)10-31-9-16(28)24-11-23;16-11(7-20-8-12(17)18)14-9-15-13(19)21-6-10-4-2-1-3-5-10;1-6-4(7)2-10-3-5(8)9/h1-3,6-7,16,22,29,35,37,40H,4-5,8-15,32H2,(H,33,38)(H,34,39);1-3,6-7,15,21,28,32,34,38H,4-5,8-14H2,(H,31,35)(H,36,37);2-3,13,15,20,27,30H,4-11,23H2,1H3,(H,24,28)(H,25,29);1-5H,6-9H2,(H,14,16)(H,15,19)(H,17,18);2-3H2,1H3,(H,6,7)(H,8,9)/t22?,29-,30?,31+;21?,28-,29?,30+;13-,15?,20-,21?,22+;;/m000../s1. The third-order valence-electron chi connectivity index (χ3n) is 30.9. The van der Waals surface area contributed by atoms with E-state index in [4.69, 9.17) is 59.9 Å². The van der Waals surface area contributed by atoms with Crippen LogP contribution in [0.1, 0.15) is 131 Å². The second-order valence-corrected chi connectivity index (χ2v) is 39.4. The molecular weight excluding hydrogens is 1890 g/mol. The Hall–Kier alpha value is -13.4. The number of aromatic nitrogens is 2. The molecule has 3 saturated heterocycles. The van der Waals surface area contributed by atoms with Crippen LogP contribution in [-0.2, 0) is 131 Å². The lowest BCUT2D eigenvalue weighted by Gasteiger charge is -2.63. The molecule has 44 heteroatoms. The van der Waals surface area contributed by atoms with Crippen molar-refractivity contribution in [2.45, 2.75) is 172 Å². The number of nitrogens with zero attached hydrogens (tertiary/aromatic N) is 3. The molecule has 22 rings (SSSR count). The van der Waals surface area contributed by atoms with Crippen molar-refractivity contribution in [3.8, 4) is 34.5 Å². The van der Waals surface area contributed by atoms with Gasteiger partial charge in [0.05, 0.1) is 92.9 Å². The lowest BCUT2D eigenvalue weighted by Crippen LogP contribution is -2.77. The van der Waals surface area contributed by atoms with Crippen LogP contribution in [0, 0.1) is 11.8 Å². The molecule has 6 bridgehead atoms. The fraction of sp³-hybridized carbons (Fsp3) is 0.495. The number of carboxylic acids is 3. The Labute approximate surface area is 830 Å². The molecule has 14 aliphatic rings. The molecule has 3 spiro atoms. The van der Waals surface area contributed by atoms with Gasteiger partial charge in [-0.15, -0.1) is 0 Å². The highest BCUT2D eigenvalue weighted by Crippen LogP contribution is 2.72. The van der Waals surface area contributed by atoms with Crippen LogP contribution in [0.4, 0.5) is 16.2 Å². The maximum absolute atomic E-state index is 13.0. The summed E-state index contributed by atoms with van der Waals surface area (Å²) < 4.78 is 48.9. The van der Waals surface area contributed by atoms with Gasteiger partial charge in [-0.25, -0.2) is 19.2 Å². The van der Waals surface area contributed by atoms with E-state index in [1.54, 1.807) is 24.3 Å². The average Bonchev–Trinajstić information content (AvgIpc) is 1.73. The van der Waals surface area contributed by atoms with E-state index in [2.05, 4.69) is 76.7 Å². The minimum absolute atomic E-state index is 0.000303. The van der Waals surface area contributed by atoms with Crippen molar-refractivity contribution in [3.05, 3.63) is 165 Å². The number of aromatic hydroxyl groups is 3. The molecule has 6 aromatic carbocycles. The number of aromatic amines is 2. The third kappa shape index (κ3) is 19.2. The number of aliphatic carboxylic acids is 3. The first-order chi connectivity index (χ1) is 69.7. The molecular formula is C101H121N15O29. The van der Waals surface area contributed by atoms with Gasteiger partial charge in [0.15, 0.2) is 46.7 Å². The number of phenols is 3. The number of para-hydroxylation sites is 2. The number of rotatable bonds is 33. The lowest BCUT2D eigenvalue weighted by molar-refractivity contribution is -0.187. The van der Waals surface area contributed by atoms with E-state index in [1.807, 2.05) is 85.9 Å². The zero-order valence-electron chi connectivity index (χ0n) is 80.0. The fourth-order valence-electron chi connectivity index (χ4n) is 24.6. The fourth-order valence-corrected chi connectivity index (χ4v) is 24.6. The minimum atomic E-state index is -1.16. The molecule has 774 valence electrons. The number of hydrogen-bond acceptors (Lipinski definition) is 31. The van der Waals surface area contributed by atoms with E-state index in [1.165, 1.54) is 32.7 Å². The Morgan fingerprint density at radius 3 is 1.32 bits per heavy atom. The molecule has 13 atom stereocenters. The van der Waals surface area contributed by atoms with Gasteiger partial charge in [-0.2, -0.15) is 0 Å². The molecule has 6 unspecified atom stereocenters. The van der Waals surface area contributed by atoms with Crippen molar-refractivity contribution < 1.29 is 141 Å². The summed E-state index contributed by atoms with van der Waals surface area (Å²) in [6.45, 7) is 0.917. The molecule has 6 aliphatic heterocycles. The summed E-state index contributed by atoms with van der Waals surface area (Å²) in [5.74, 6) is -3.20. The van der Waals surface area contributed by atoms with Crippen LogP contribution in [0.15, 0.2) is 103 Å². The van der Waals surface area contributed by atoms with Crippen molar-refractivity contribution >= 4 is 98.5 Å². The van der Waals surface area contributed by atoms with Gasteiger partial charge < -0.3 is 157 Å². The van der Waals surface area contributed by atoms with Crippen LogP contribution in [0.25, 0.3) is 21.8 Å². The molecule has 44 nitrogen and oxygen atoms in total. The van der Waals surface area contributed by atoms with Gasteiger partial charge in [0, 0.05) is 78.6 Å². The number of nitrogens with one attached hydrogen (secondary N) is 10. The first kappa shape index (κ1) is 102. The van der Waals surface area contributed by atoms with Crippen molar-refractivity contribution in [1.29, 1.82) is 0 Å². The molecule has 2 aromatic heterocycles. The van der Waals surface area contributed by atoms with Gasteiger partial charge >= 0.3 is 24.0 Å². The summed E-state index contributed by atoms with van der Waals surface area (Å²) in [7, 11) is 3.49. The van der Waals surface area contributed by atoms with Gasteiger partial charge in [0.1, 0.15) is 78.8 Å². The summed E-state index contributed by atoms with van der Waals surface area (Å²) >= 11 is 0. The summed E-state index contributed by atoms with van der Waals surface area (Å²) in [5.41, 5.74) is 18.6. The monoisotopic (exact) mass is 2010 g/mol. The Kier molecular flexibility index (Phi) is 29.2. The van der Waals surface area contributed by atoms with Crippen LogP contribution < -0.4 is 68.2 Å². The number of likely N-dealkylation sites (N-methyl/N-ethyl adjacent to an activating group) is 2. The number of anilines is 2. The van der Waals surface area contributed by atoms with Gasteiger partial charge in [-0.3, -0.25) is 43.4 Å². The van der Waals surface area contributed by atoms with Gasteiger partial charge in [0.2, 0.25) is 41.4 Å². The molecule has 8 heterocycles. The molecule has 6 fully saturated rings. The molecule has 8 amide bonds. The molecule has 3 saturated carbocycles. The van der Waals surface area contributed by atoms with E-state index in [0.717, 1.165) is 123 Å². The number of aliphatic hydroxyl groups is 3. The summed E-state index contributed by atoms with van der Waals surface area (Å²) in [6, 6.07) is 30.9. The number of ether oxygens (including phenoxy) is 9. The molecule has 0 radical (unpaired) electrons. The maximum atomic E-state index is 13.0. The summed E-state index contributed by atoms with van der Waals surface area (Å²) in [4.78, 5) is 139. The number of nitrogens with two attached hydrogens (primary N) is 2. The van der Waals surface area contributed by atoms with Gasteiger partial charge in [-0.1, -0.05) is 72.8 Å². The number of hydrogen-bond donors (Lipinski definition) is 21. The number of amides is 8. The normalized spacial score (nSPS) is 26.0.